The molecule has 0 unspecified atom stereocenters. The van der Waals surface area contributed by atoms with E-state index in [1.54, 1.807) is 0 Å². The molecule has 1 nitrogen and oxygen atoms in total. The Bertz CT molecular complexity index is 810. The molecule has 0 N–H and O–H groups in total. The van der Waals surface area contributed by atoms with Crippen molar-refractivity contribution in [2.24, 2.45) is 0 Å². The van der Waals surface area contributed by atoms with Gasteiger partial charge in [-0.1, -0.05) is 68.7 Å². The Kier molecular flexibility index (Phi) is 3.49. The lowest BCUT2D eigenvalue weighted by Crippen LogP contribution is -2.00. The van der Waals surface area contributed by atoms with E-state index in [9.17, 15) is 0 Å². The van der Waals surface area contributed by atoms with Crippen LogP contribution < -0.4 is 0 Å². The zero-order valence-electron chi connectivity index (χ0n) is 13.3. The van der Waals surface area contributed by atoms with E-state index >= 15 is 0 Å². The van der Waals surface area contributed by atoms with Crippen molar-refractivity contribution in [3.8, 4) is 11.3 Å². The molecular weight excluding hydrogens is 266 g/mol. The highest BCUT2D eigenvalue weighted by molar-refractivity contribution is 5.95. The van der Waals surface area contributed by atoms with Crippen molar-refractivity contribution < 1.29 is 0 Å². The number of fused-ring (bicyclic) bond motifs is 5. The summed E-state index contributed by atoms with van der Waals surface area (Å²) in [7, 11) is 0. The van der Waals surface area contributed by atoms with Gasteiger partial charge in [0.2, 0.25) is 0 Å². The first-order chi connectivity index (χ1) is 10.9. The zero-order valence-corrected chi connectivity index (χ0v) is 13.3. The standard InChI is InChI=1S/C21H23N/c1-2-3-4-9-14-22-20-13-8-7-12-18(20)19-15-16-10-5-6-11-17(16)21(19)22/h5-8,10-13H,2-4,9,14-15H2,1H3. The number of para-hydroxylation sites is 1. The molecule has 22 heavy (non-hydrogen) atoms. The van der Waals surface area contributed by atoms with Gasteiger partial charge in [0.1, 0.15) is 0 Å². The molecule has 4 rings (SSSR count). The van der Waals surface area contributed by atoms with Crippen LogP contribution in [0, 0.1) is 0 Å². The van der Waals surface area contributed by atoms with E-state index in [1.807, 2.05) is 0 Å². The smallest absolute Gasteiger partial charge is 0.0530 e. The lowest BCUT2D eigenvalue weighted by molar-refractivity contribution is 0.596. The Morgan fingerprint density at radius 2 is 1.73 bits per heavy atom. The van der Waals surface area contributed by atoms with Gasteiger partial charge < -0.3 is 4.57 Å². The van der Waals surface area contributed by atoms with E-state index in [0.717, 1.165) is 13.0 Å². The molecular formula is C21H23N. The fourth-order valence-electron chi connectivity index (χ4n) is 3.89. The average molecular weight is 289 g/mol. The molecule has 1 aromatic heterocycles. The molecule has 1 aliphatic carbocycles. The molecule has 1 heterocycles. The molecule has 112 valence electrons. The molecule has 0 radical (unpaired) electrons. The Balaban J connectivity index is 1.82. The van der Waals surface area contributed by atoms with E-state index in [1.165, 1.54) is 59.0 Å². The fourth-order valence-corrected chi connectivity index (χ4v) is 3.89. The monoisotopic (exact) mass is 289 g/mol. The van der Waals surface area contributed by atoms with Gasteiger partial charge >= 0.3 is 0 Å². The predicted molar refractivity (Wildman–Crippen MR) is 94.3 cm³/mol. The van der Waals surface area contributed by atoms with Gasteiger partial charge in [-0.2, -0.15) is 0 Å². The minimum Gasteiger partial charge on any atom is -0.340 e. The van der Waals surface area contributed by atoms with Crippen molar-refractivity contribution in [1.29, 1.82) is 0 Å². The summed E-state index contributed by atoms with van der Waals surface area (Å²) in [6.07, 6.45) is 6.35. The molecule has 3 aromatic rings. The van der Waals surface area contributed by atoms with Crippen molar-refractivity contribution in [3.05, 3.63) is 59.7 Å². The predicted octanol–water partition coefficient (Wildman–Crippen LogP) is 5.79. The van der Waals surface area contributed by atoms with Gasteiger partial charge in [-0.15, -0.1) is 0 Å². The molecule has 0 amide bonds. The highest BCUT2D eigenvalue weighted by Crippen LogP contribution is 2.42. The van der Waals surface area contributed by atoms with Crippen molar-refractivity contribution in [1.82, 2.24) is 4.57 Å². The number of unbranched alkanes of at least 4 members (excludes halogenated alkanes) is 3. The Morgan fingerprint density at radius 3 is 2.64 bits per heavy atom. The van der Waals surface area contributed by atoms with Crippen LogP contribution in [0.15, 0.2) is 48.5 Å². The summed E-state index contributed by atoms with van der Waals surface area (Å²) < 4.78 is 2.58. The normalized spacial score (nSPS) is 12.6. The Hall–Kier alpha value is -2.02. The minimum absolute atomic E-state index is 1.09. The Labute approximate surface area is 132 Å². The SMILES string of the molecule is CCCCCCn1c2c(c3ccccc31)Cc1ccccc1-2. The molecule has 0 saturated carbocycles. The third kappa shape index (κ3) is 2.08. The number of rotatable bonds is 5. The number of hydrogen-bond acceptors (Lipinski definition) is 0. The second-order valence-corrected chi connectivity index (χ2v) is 6.39. The highest BCUT2D eigenvalue weighted by Gasteiger charge is 2.25. The lowest BCUT2D eigenvalue weighted by atomic mass is 10.1. The Morgan fingerprint density at radius 1 is 0.909 bits per heavy atom. The van der Waals surface area contributed by atoms with Crippen molar-refractivity contribution in [3.63, 3.8) is 0 Å². The molecule has 1 heteroatoms. The summed E-state index contributed by atoms with van der Waals surface area (Å²) in [5, 5.41) is 1.45. The molecule has 0 bridgehead atoms. The van der Waals surface area contributed by atoms with Crippen LogP contribution in [0.1, 0.15) is 43.7 Å². The summed E-state index contributed by atoms with van der Waals surface area (Å²) in [5.74, 6) is 0. The molecule has 1 aliphatic rings. The number of nitrogens with zero attached hydrogens (tertiary/aromatic N) is 1. The average Bonchev–Trinajstić information content (AvgIpc) is 3.07. The van der Waals surface area contributed by atoms with E-state index in [4.69, 9.17) is 0 Å². The molecule has 0 spiro atoms. The molecule has 2 aromatic carbocycles. The number of hydrogen-bond donors (Lipinski definition) is 0. The lowest BCUT2D eigenvalue weighted by Gasteiger charge is -2.11. The first-order valence-electron chi connectivity index (χ1n) is 8.58. The van der Waals surface area contributed by atoms with Crippen molar-refractivity contribution >= 4 is 10.9 Å². The maximum absolute atomic E-state index is 2.58. The van der Waals surface area contributed by atoms with Crippen LogP contribution in [-0.2, 0) is 13.0 Å². The van der Waals surface area contributed by atoms with Crippen LogP contribution in [0.3, 0.4) is 0 Å². The largest absolute Gasteiger partial charge is 0.340 e. The fraction of sp³-hybridized carbons (Fsp3) is 0.333. The van der Waals surface area contributed by atoms with Gasteiger partial charge in [-0.05, 0) is 23.6 Å². The van der Waals surface area contributed by atoms with Gasteiger partial charge in [0.05, 0.1) is 5.69 Å². The van der Waals surface area contributed by atoms with Gasteiger partial charge in [-0.3, -0.25) is 0 Å². The van der Waals surface area contributed by atoms with Crippen LogP contribution in [0.4, 0.5) is 0 Å². The second-order valence-electron chi connectivity index (χ2n) is 6.39. The molecule has 0 fully saturated rings. The quantitative estimate of drug-likeness (QED) is 0.410. The summed E-state index contributed by atoms with van der Waals surface area (Å²) in [4.78, 5) is 0. The van der Waals surface area contributed by atoms with E-state index in [-0.39, 0.29) is 0 Å². The minimum atomic E-state index is 1.09. The highest BCUT2D eigenvalue weighted by atomic mass is 15.0. The summed E-state index contributed by atoms with van der Waals surface area (Å²) in [6, 6.07) is 17.8. The van der Waals surface area contributed by atoms with Gasteiger partial charge in [0.25, 0.3) is 0 Å². The first kappa shape index (κ1) is 13.6. The van der Waals surface area contributed by atoms with Crippen LogP contribution >= 0.6 is 0 Å². The zero-order chi connectivity index (χ0) is 14.9. The third-order valence-electron chi connectivity index (χ3n) is 4.95. The number of aromatic nitrogens is 1. The van der Waals surface area contributed by atoms with E-state index in [0.29, 0.717) is 0 Å². The number of aryl methyl sites for hydroxylation is 1. The van der Waals surface area contributed by atoms with Crippen molar-refractivity contribution in [2.75, 3.05) is 0 Å². The number of benzene rings is 2. The molecule has 0 saturated heterocycles. The van der Waals surface area contributed by atoms with E-state index in [2.05, 4.69) is 60.0 Å². The molecule has 0 aliphatic heterocycles. The first-order valence-corrected chi connectivity index (χ1v) is 8.58. The van der Waals surface area contributed by atoms with E-state index < -0.39 is 0 Å². The van der Waals surface area contributed by atoms with Gasteiger partial charge in [0.15, 0.2) is 0 Å². The summed E-state index contributed by atoms with van der Waals surface area (Å²) in [5.41, 5.74) is 7.36. The van der Waals surface area contributed by atoms with Crippen LogP contribution in [0.5, 0.6) is 0 Å². The van der Waals surface area contributed by atoms with Gasteiger partial charge in [-0.25, -0.2) is 0 Å². The maximum Gasteiger partial charge on any atom is 0.0530 e. The topological polar surface area (TPSA) is 4.93 Å². The van der Waals surface area contributed by atoms with Gasteiger partial charge in [0, 0.05) is 29.4 Å². The van der Waals surface area contributed by atoms with Crippen LogP contribution in [0.2, 0.25) is 0 Å². The van der Waals surface area contributed by atoms with Crippen LogP contribution in [-0.4, -0.2) is 4.57 Å². The maximum atomic E-state index is 2.58. The summed E-state index contributed by atoms with van der Waals surface area (Å²) in [6.45, 7) is 3.42. The van der Waals surface area contributed by atoms with Crippen molar-refractivity contribution in [2.45, 2.75) is 45.6 Å². The molecule has 0 atom stereocenters. The summed E-state index contributed by atoms with van der Waals surface area (Å²) >= 11 is 0. The third-order valence-corrected chi connectivity index (χ3v) is 4.95. The second kappa shape index (κ2) is 5.64. The van der Waals surface area contributed by atoms with Crippen LogP contribution in [0.25, 0.3) is 22.2 Å².